The minimum Gasteiger partial charge on any atom is -0.356 e. The molecule has 0 fully saturated rings. The molecule has 5 nitrogen and oxygen atoms in total. The van der Waals surface area contributed by atoms with Crippen LogP contribution in [0.15, 0.2) is 39.5 Å². The van der Waals surface area contributed by atoms with Crippen LogP contribution >= 0.6 is 27.3 Å². The van der Waals surface area contributed by atoms with E-state index in [1.165, 1.54) is 10.5 Å². The van der Waals surface area contributed by atoms with Gasteiger partial charge in [-0.05, 0) is 53.4 Å². The number of rotatable bonds is 7. The number of carbonyl (C=O) groups excluding carboxylic acids is 3. The largest absolute Gasteiger partial charge is 0.356 e. The molecular weight excluding hydrogens is 404 g/mol. The maximum absolute atomic E-state index is 12.3. The number of nitrogens with one attached hydrogen (secondary N) is 1. The minimum absolute atomic E-state index is 0.0606. The van der Waals surface area contributed by atoms with Gasteiger partial charge in [-0.25, -0.2) is 0 Å². The van der Waals surface area contributed by atoms with Gasteiger partial charge in [0.15, 0.2) is 0 Å². The molecule has 2 heterocycles. The molecule has 0 saturated carbocycles. The first kappa shape index (κ1) is 17.8. The van der Waals surface area contributed by atoms with Crippen LogP contribution in [0.2, 0.25) is 0 Å². The minimum atomic E-state index is -0.292. The summed E-state index contributed by atoms with van der Waals surface area (Å²) >= 11 is 4.95. The number of hydrogen-bond donors (Lipinski definition) is 1. The van der Waals surface area contributed by atoms with Gasteiger partial charge in [-0.2, -0.15) is 11.3 Å². The van der Waals surface area contributed by atoms with Crippen molar-refractivity contribution in [3.05, 3.63) is 56.2 Å². The molecule has 0 aliphatic carbocycles. The van der Waals surface area contributed by atoms with Gasteiger partial charge in [0.2, 0.25) is 5.91 Å². The highest BCUT2D eigenvalue weighted by molar-refractivity contribution is 9.10. The van der Waals surface area contributed by atoms with E-state index in [4.69, 9.17) is 0 Å². The lowest BCUT2D eigenvalue weighted by molar-refractivity contribution is -0.121. The molecule has 0 atom stereocenters. The number of nitrogens with zero attached hydrogens (tertiary/aromatic N) is 1. The van der Waals surface area contributed by atoms with Gasteiger partial charge in [-0.1, -0.05) is 15.9 Å². The topological polar surface area (TPSA) is 66.5 Å². The van der Waals surface area contributed by atoms with Crippen molar-refractivity contribution in [2.24, 2.45) is 0 Å². The van der Waals surface area contributed by atoms with Crippen LogP contribution in [0.3, 0.4) is 0 Å². The lowest BCUT2D eigenvalue weighted by atomic mass is 10.1. The summed E-state index contributed by atoms with van der Waals surface area (Å²) in [5.41, 5.74) is 2.05. The van der Waals surface area contributed by atoms with Crippen LogP contribution in [0.25, 0.3) is 0 Å². The smallest absolute Gasteiger partial charge is 0.261 e. The second-order valence-corrected chi connectivity index (χ2v) is 7.48. The molecule has 130 valence electrons. The lowest BCUT2D eigenvalue weighted by Gasteiger charge is -2.13. The van der Waals surface area contributed by atoms with Crippen molar-refractivity contribution < 1.29 is 14.4 Å². The first-order valence-electron chi connectivity index (χ1n) is 8.00. The molecule has 3 amide bonds. The summed E-state index contributed by atoms with van der Waals surface area (Å²) in [6.07, 6.45) is 1.56. The quantitative estimate of drug-likeness (QED) is 0.699. The molecule has 1 aliphatic rings. The van der Waals surface area contributed by atoms with Gasteiger partial charge in [-0.15, -0.1) is 0 Å². The normalized spacial score (nSPS) is 13.2. The van der Waals surface area contributed by atoms with Crippen LogP contribution < -0.4 is 5.32 Å². The monoisotopic (exact) mass is 420 g/mol. The Balaban J connectivity index is 1.44. The molecule has 0 spiro atoms. The Morgan fingerprint density at radius 3 is 2.72 bits per heavy atom. The predicted octanol–water partition coefficient (Wildman–Crippen LogP) is 3.25. The fourth-order valence-electron chi connectivity index (χ4n) is 2.73. The van der Waals surface area contributed by atoms with Gasteiger partial charge in [0.05, 0.1) is 11.1 Å². The molecule has 2 aromatic rings. The molecule has 0 saturated heterocycles. The summed E-state index contributed by atoms with van der Waals surface area (Å²) in [6.45, 7) is 0.846. The molecular formula is C18H17BrN2O3S. The third kappa shape index (κ3) is 4.16. The number of fused-ring (bicyclic) bond motifs is 1. The second kappa shape index (κ2) is 7.93. The summed E-state index contributed by atoms with van der Waals surface area (Å²) in [6, 6.07) is 7.09. The highest BCUT2D eigenvalue weighted by atomic mass is 79.9. The van der Waals surface area contributed by atoms with Gasteiger partial charge < -0.3 is 5.32 Å². The van der Waals surface area contributed by atoms with E-state index in [0.717, 1.165) is 10.9 Å². The first-order chi connectivity index (χ1) is 12.1. The Morgan fingerprint density at radius 2 is 1.96 bits per heavy atom. The van der Waals surface area contributed by atoms with Gasteiger partial charge >= 0.3 is 0 Å². The zero-order chi connectivity index (χ0) is 17.8. The van der Waals surface area contributed by atoms with E-state index in [1.54, 1.807) is 29.5 Å². The molecule has 1 aliphatic heterocycles. The maximum atomic E-state index is 12.3. The van der Waals surface area contributed by atoms with Crippen LogP contribution in [0.5, 0.6) is 0 Å². The second-order valence-electron chi connectivity index (χ2n) is 5.79. The van der Waals surface area contributed by atoms with Gasteiger partial charge in [0.25, 0.3) is 11.8 Å². The zero-order valence-corrected chi connectivity index (χ0v) is 15.9. The zero-order valence-electron chi connectivity index (χ0n) is 13.5. The summed E-state index contributed by atoms with van der Waals surface area (Å²) < 4.78 is 0.763. The number of thiophene rings is 1. The van der Waals surface area contributed by atoms with Crippen LogP contribution in [-0.4, -0.2) is 35.7 Å². The molecule has 0 radical (unpaired) electrons. The number of amides is 3. The molecule has 0 unspecified atom stereocenters. The molecule has 1 aromatic carbocycles. The van der Waals surface area contributed by atoms with Crippen molar-refractivity contribution in [3.8, 4) is 0 Å². The molecule has 1 N–H and O–H groups in total. The van der Waals surface area contributed by atoms with Crippen molar-refractivity contribution in [3.63, 3.8) is 0 Å². The van der Waals surface area contributed by atoms with E-state index in [2.05, 4.69) is 26.6 Å². The van der Waals surface area contributed by atoms with E-state index in [1.807, 2.05) is 11.4 Å². The van der Waals surface area contributed by atoms with Crippen molar-refractivity contribution >= 4 is 45.0 Å². The summed E-state index contributed by atoms with van der Waals surface area (Å²) in [5.74, 6) is -0.640. The lowest BCUT2D eigenvalue weighted by Crippen LogP contribution is -2.32. The van der Waals surface area contributed by atoms with Crippen molar-refractivity contribution in [2.45, 2.75) is 19.3 Å². The van der Waals surface area contributed by atoms with Crippen LogP contribution in [-0.2, 0) is 11.2 Å². The van der Waals surface area contributed by atoms with E-state index < -0.39 is 0 Å². The number of hydrogen-bond acceptors (Lipinski definition) is 4. The summed E-state index contributed by atoms with van der Waals surface area (Å²) in [7, 11) is 0. The van der Waals surface area contributed by atoms with E-state index >= 15 is 0 Å². The molecule has 7 heteroatoms. The highest BCUT2D eigenvalue weighted by Crippen LogP contribution is 2.26. The molecule has 1 aromatic heterocycles. The number of halogens is 1. The van der Waals surface area contributed by atoms with Crippen molar-refractivity contribution in [1.82, 2.24) is 10.2 Å². The van der Waals surface area contributed by atoms with Gasteiger partial charge in [0, 0.05) is 24.0 Å². The molecule has 0 bridgehead atoms. The average molecular weight is 421 g/mol. The number of imide groups is 1. The Morgan fingerprint density at radius 1 is 1.16 bits per heavy atom. The van der Waals surface area contributed by atoms with Crippen molar-refractivity contribution in [2.75, 3.05) is 13.1 Å². The third-order valence-corrected chi connectivity index (χ3v) is 5.26. The van der Waals surface area contributed by atoms with Crippen LogP contribution in [0.4, 0.5) is 0 Å². The Kier molecular flexibility index (Phi) is 5.65. The third-order valence-electron chi connectivity index (χ3n) is 4.03. The SMILES string of the molecule is O=C(CCCN1C(=O)c2ccc(Br)cc2C1=O)NCCc1ccsc1. The van der Waals surface area contributed by atoms with Gasteiger partial charge in [-0.3, -0.25) is 19.3 Å². The first-order valence-corrected chi connectivity index (χ1v) is 9.73. The fraction of sp³-hybridized carbons (Fsp3) is 0.278. The summed E-state index contributed by atoms with van der Waals surface area (Å²) in [4.78, 5) is 37.7. The van der Waals surface area contributed by atoms with Gasteiger partial charge in [0.1, 0.15) is 0 Å². The predicted molar refractivity (Wildman–Crippen MR) is 99.8 cm³/mol. The number of carbonyl (C=O) groups is 3. The standard InChI is InChI=1S/C18H17BrN2O3S/c19-13-3-4-14-15(10-13)18(24)21(17(14)23)8-1-2-16(22)20-7-5-12-6-9-25-11-12/h3-4,6,9-11H,1-2,5,7-8H2,(H,20,22). The Bertz CT molecular complexity index is 805. The van der Waals surface area contributed by atoms with Crippen LogP contribution in [0.1, 0.15) is 39.1 Å². The average Bonchev–Trinajstić information content (AvgIpc) is 3.18. The molecule has 25 heavy (non-hydrogen) atoms. The highest BCUT2D eigenvalue weighted by Gasteiger charge is 2.35. The van der Waals surface area contributed by atoms with Crippen molar-refractivity contribution in [1.29, 1.82) is 0 Å². The maximum Gasteiger partial charge on any atom is 0.261 e. The fourth-order valence-corrected chi connectivity index (χ4v) is 3.80. The van der Waals surface area contributed by atoms with E-state index in [9.17, 15) is 14.4 Å². The number of benzene rings is 1. The Hall–Kier alpha value is -1.99. The van der Waals surface area contributed by atoms with E-state index in [-0.39, 0.29) is 24.3 Å². The molecule has 3 rings (SSSR count). The van der Waals surface area contributed by atoms with E-state index in [0.29, 0.717) is 30.5 Å². The Labute approximate surface area is 158 Å². The van der Waals surface area contributed by atoms with Crippen LogP contribution in [0, 0.1) is 0 Å². The summed E-state index contributed by atoms with van der Waals surface area (Å²) in [5, 5.41) is 6.94.